The molecule has 2 rings (SSSR count). The number of benzene rings is 2. The summed E-state index contributed by atoms with van der Waals surface area (Å²) >= 11 is 0. The van der Waals surface area contributed by atoms with Gasteiger partial charge in [-0.2, -0.15) is 5.26 Å². The number of nitriles is 1. The van der Waals surface area contributed by atoms with Gasteiger partial charge in [0.25, 0.3) is 0 Å². The van der Waals surface area contributed by atoms with Crippen LogP contribution in [0.1, 0.15) is 28.4 Å². The molecule has 0 aromatic heterocycles. The largest absolute Gasteiger partial charge is 0.479 e. The molecular weight excluding hydrogens is 330 g/mol. The predicted octanol–water partition coefficient (Wildman–Crippen LogP) is 3.59. The molecule has 2 aromatic rings. The van der Waals surface area contributed by atoms with Crippen molar-refractivity contribution < 1.29 is 19.1 Å². The zero-order valence-electron chi connectivity index (χ0n) is 14.5. The Labute approximate surface area is 152 Å². The number of hydrogen-bond acceptors (Lipinski definition) is 5. The number of rotatable bonds is 8. The van der Waals surface area contributed by atoms with Gasteiger partial charge in [-0.3, -0.25) is 4.79 Å². The van der Waals surface area contributed by atoms with Gasteiger partial charge in [0, 0.05) is 11.6 Å². The van der Waals surface area contributed by atoms with Crippen LogP contribution in [0.15, 0.2) is 54.6 Å². The standard InChI is InChI=1S/C21H19NO4/c1-2-16-3-8-18(9-4-16)20(23)15-26-21(24)12-7-17-5-10-19(11-6-17)25-14-13-22/h3-12H,2,14-15H2,1H3/b12-7+. The average molecular weight is 349 g/mol. The quantitative estimate of drug-likeness (QED) is 0.413. The monoisotopic (exact) mass is 349 g/mol. The highest BCUT2D eigenvalue weighted by atomic mass is 16.5. The van der Waals surface area contributed by atoms with Gasteiger partial charge in [-0.25, -0.2) is 4.79 Å². The number of aryl methyl sites for hydroxylation is 1. The highest BCUT2D eigenvalue weighted by Gasteiger charge is 2.08. The molecule has 26 heavy (non-hydrogen) atoms. The van der Waals surface area contributed by atoms with Crippen molar-refractivity contribution in [1.82, 2.24) is 0 Å². The first-order chi connectivity index (χ1) is 12.6. The smallest absolute Gasteiger partial charge is 0.331 e. The number of carbonyl (C=O) groups is 2. The Kier molecular flexibility index (Phi) is 7.14. The summed E-state index contributed by atoms with van der Waals surface area (Å²) in [7, 11) is 0. The van der Waals surface area contributed by atoms with Crippen LogP contribution in [-0.2, 0) is 16.0 Å². The van der Waals surface area contributed by atoms with E-state index < -0.39 is 5.97 Å². The minimum atomic E-state index is -0.590. The first kappa shape index (κ1) is 18.9. The number of ether oxygens (including phenoxy) is 2. The zero-order valence-corrected chi connectivity index (χ0v) is 14.5. The summed E-state index contributed by atoms with van der Waals surface area (Å²) in [6, 6.07) is 16.0. The summed E-state index contributed by atoms with van der Waals surface area (Å²) in [6.07, 6.45) is 3.75. The van der Waals surface area contributed by atoms with Crippen LogP contribution in [0, 0.1) is 11.3 Å². The topological polar surface area (TPSA) is 76.4 Å². The van der Waals surface area contributed by atoms with Crippen LogP contribution in [-0.4, -0.2) is 25.0 Å². The van der Waals surface area contributed by atoms with Crippen molar-refractivity contribution >= 4 is 17.8 Å². The van der Waals surface area contributed by atoms with Crippen LogP contribution in [0.3, 0.4) is 0 Å². The summed E-state index contributed by atoms with van der Waals surface area (Å²) in [4.78, 5) is 23.7. The van der Waals surface area contributed by atoms with E-state index in [0.717, 1.165) is 17.5 Å². The summed E-state index contributed by atoms with van der Waals surface area (Å²) in [5.41, 5.74) is 2.44. The van der Waals surface area contributed by atoms with Crippen molar-refractivity contribution in [3.05, 3.63) is 71.3 Å². The Morgan fingerprint density at radius 2 is 1.77 bits per heavy atom. The van der Waals surface area contributed by atoms with Crippen LogP contribution in [0.4, 0.5) is 0 Å². The highest BCUT2D eigenvalue weighted by molar-refractivity contribution is 5.98. The SMILES string of the molecule is CCc1ccc(C(=O)COC(=O)/C=C/c2ccc(OCC#N)cc2)cc1. The van der Waals surface area contributed by atoms with Crippen LogP contribution in [0.25, 0.3) is 6.08 Å². The highest BCUT2D eigenvalue weighted by Crippen LogP contribution is 2.13. The molecule has 0 saturated carbocycles. The average Bonchev–Trinajstić information content (AvgIpc) is 2.69. The van der Waals surface area contributed by atoms with Crippen LogP contribution >= 0.6 is 0 Å². The van der Waals surface area contributed by atoms with E-state index in [0.29, 0.717) is 11.3 Å². The van der Waals surface area contributed by atoms with Gasteiger partial charge < -0.3 is 9.47 Å². The maximum absolute atomic E-state index is 12.0. The third kappa shape index (κ3) is 5.91. The maximum atomic E-state index is 12.0. The lowest BCUT2D eigenvalue weighted by atomic mass is 10.1. The van der Waals surface area contributed by atoms with Crippen LogP contribution in [0.5, 0.6) is 5.75 Å². The van der Waals surface area contributed by atoms with Gasteiger partial charge in [0.2, 0.25) is 0 Å². The molecule has 0 saturated heterocycles. The number of esters is 1. The molecule has 0 aliphatic rings. The molecule has 0 aliphatic heterocycles. The molecule has 0 spiro atoms. The van der Waals surface area contributed by atoms with Crippen LogP contribution in [0.2, 0.25) is 0 Å². The van der Waals surface area contributed by atoms with Crippen molar-refractivity contribution in [3.8, 4) is 11.8 Å². The van der Waals surface area contributed by atoms with Gasteiger partial charge >= 0.3 is 5.97 Å². The van der Waals surface area contributed by atoms with E-state index in [4.69, 9.17) is 14.7 Å². The summed E-state index contributed by atoms with van der Waals surface area (Å²) in [5, 5.41) is 8.45. The van der Waals surface area contributed by atoms with E-state index in [1.807, 2.05) is 25.1 Å². The fourth-order valence-corrected chi connectivity index (χ4v) is 2.15. The van der Waals surface area contributed by atoms with E-state index in [-0.39, 0.29) is 19.0 Å². The van der Waals surface area contributed by atoms with Gasteiger partial charge in [-0.05, 0) is 35.8 Å². The first-order valence-electron chi connectivity index (χ1n) is 8.19. The lowest BCUT2D eigenvalue weighted by molar-refractivity contribution is -0.136. The lowest BCUT2D eigenvalue weighted by Crippen LogP contribution is -2.12. The van der Waals surface area contributed by atoms with E-state index in [2.05, 4.69) is 0 Å². The molecule has 132 valence electrons. The van der Waals surface area contributed by atoms with Gasteiger partial charge in [0.1, 0.15) is 11.8 Å². The number of Topliss-reactive ketones (excluding diaryl/α,β-unsaturated/α-hetero) is 1. The van der Waals surface area contributed by atoms with E-state index in [1.54, 1.807) is 42.5 Å². The molecule has 2 aromatic carbocycles. The molecule has 0 N–H and O–H groups in total. The van der Waals surface area contributed by atoms with Crippen molar-refractivity contribution in [2.75, 3.05) is 13.2 Å². The second-order valence-electron chi connectivity index (χ2n) is 5.43. The van der Waals surface area contributed by atoms with Crippen molar-refractivity contribution in [1.29, 1.82) is 5.26 Å². The molecule has 0 bridgehead atoms. The van der Waals surface area contributed by atoms with Gasteiger partial charge in [0.15, 0.2) is 19.0 Å². The Morgan fingerprint density at radius 1 is 1.08 bits per heavy atom. The summed E-state index contributed by atoms with van der Waals surface area (Å²) in [6.45, 7) is 1.73. The van der Waals surface area contributed by atoms with E-state index in [1.165, 1.54) is 6.08 Å². The minimum absolute atomic E-state index is 0.0172. The molecular formula is C21H19NO4. The third-order valence-electron chi connectivity index (χ3n) is 3.63. The van der Waals surface area contributed by atoms with Crippen molar-refractivity contribution in [2.24, 2.45) is 0 Å². The molecule has 0 aliphatic carbocycles. The second kappa shape index (κ2) is 9.80. The Bertz CT molecular complexity index is 815. The Morgan fingerprint density at radius 3 is 2.38 bits per heavy atom. The normalized spacial score (nSPS) is 10.3. The predicted molar refractivity (Wildman–Crippen MR) is 97.7 cm³/mol. The van der Waals surface area contributed by atoms with Crippen molar-refractivity contribution in [2.45, 2.75) is 13.3 Å². The number of hydrogen-bond donors (Lipinski definition) is 0. The summed E-state index contributed by atoms with van der Waals surface area (Å²) in [5.74, 6) is -0.257. The fraction of sp³-hybridized carbons (Fsp3) is 0.190. The van der Waals surface area contributed by atoms with Crippen LogP contribution < -0.4 is 4.74 Å². The van der Waals surface area contributed by atoms with E-state index >= 15 is 0 Å². The Balaban J connectivity index is 1.82. The second-order valence-corrected chi connectivity index (χ2v) is 5.43. The molecule has 5 heteroatoms. The van der Waals surface area contributed by atoms with Gasteiger partial charge in [0.05, 0.1) is 0 Å². The lowest BCUT2D eigenvalue weighted by Gasteiger charge is -2.03. The number of carbonyl (C=O) groups excluding carboxylic acids is 2. The fourth-order valence-electron chi connectivity index (χ4n) is 2.15. The van der Waals surface area contributed by atoms with Gasteiger partial charge in [-0.15, -0.1) is 0 Å². The van der Waals surface area contributed by atoms with Gasteiger partial charge in [-0.1, -0.05) is 43.3 Å². The molecule has 0 amide bonds. The number of ketones is 1. The Hall–Kier alpha value is -3.39. The molecule has 0 atom stereocenters. The first-order valence-corrected chi connectivity index (χ1v) is 8.19. The van der Waals surface area contributed by atoms with E-state index in [9.17, 15) is 9.59 Å². The molecule has 0 fully saturated rings. The minimum Gasteiger partial charge on any atom is -0.479 e. The molecule has 5 nitrogen and oxygen atoms in total. The molecule has 0 heterocycles. The zero-order chi connectivity index (χ0) is 18.8. The number of nitrogens with zero attached hydrogens (tertiary/aromatic N) is 1. The maximum Gasteiger partial charge on any atom is 0.331 e. The molecule has 0 unspecified atom stereocenters. The third-order valence-corrected chi connectivity index (χ3v) is 3.63. The molecule has 0 radical (unpaired) electrons. The van der Waals surface area contributed by atoms with Crippen molar-refractivity contribution in [3.63, 3.8) is 0 Å². The summed E-state index contributed by atoms with van der Waals surface area (Å²) < 4.78 is 10.1.